The normalized spacial score (nSPS) is 35.4. The summed E-state index contributed by atoms with van der Waals surface area (Å²) in [6.45, 7) is 9.83. The standard InChI is InChI=1S/C13H24N2O2/c1-9-6-12(9)13(16)14-7-10(2)15-4-5-17-8-11(15)3/h9-12H,4-8H2,1-3H3,(H,14,16). The molecule has 2 aliphatic rings. The number of hydrogen-bond acceptors (Lipinski definition) is 3. The fourth-order valence-corrected chi connectivity index (χ4v) is 2.58. The van der Waals surface area contributed by atoms with Crippen molar-refractivity contribution in [3.05, 3.63) is 0 Å². The van der Waals surface area contributed by atoms with Crippen LogP contribution in [0.2, 0.25) is 0 Å². The molecule has 1 heterocycles. The van der Waals surface area contributed by atoms with Crippen LogP contribution in [0.4, 0.5) is 0 Å². The van der Waals surface area contributed by atoms with E-state index in [4.69, 9.17) is 4.74 Å². The van der Waals surface area contributed by atoms with Gasteiger partial charge in [0, 0.05) is 31.1 Å². The highest BCUT2D eigenvalue weighted by Crippen LogP contribution is 2.37. The van der Waals surface area contributed by atoms with Gasteiger partial charge >= 0.3 is 0 Å². The van der Waals surface area contributed by atoms with Crippen LogP contribution in [-0.4, -0.2) is 49.2 Å². The summed E-state index contributed by atoms with van der Waals surface area (Å²) in [5.41, 5.74) is 0. The van der Waals surface area contributed by atoms with E-state index in [-0.39, 0.29) is 11.8 Å². The van der Waals surface area contributed by atoms with Gasteiger partial charge in [-0.05, 0) is 26.2 Å². The zero-order valence-electron chi connectivity index (χ0n) is 11.1. The molecule has 1 N–H and O–H groups in total. The van der Waals surface area contributed by atoms with E-state index < -0.39 is 0 Å². The van der Waals surface area contributed by atoms with Crippen LogP contribution < -0.4 is 5.32 Å². The predicted molar refractivity (Wildman–Crippen MR) is 66.7 cm³/mol. The lowest BCUT2D eigenvalue weighted by Gasteiger charge is -2.37. The SMILES string of the molecule is CC1CC1C(=O)NCC(C)N1CCOCC1C. The Morgan fingerprint density at radius 2 is 2.24 bits per heavy atom. The Morgan fingerprint density at radius 3 is 2.82 bits per heavy atom. The van der Waals surface area contributed by atoms with Gasteiger partial charge in [0.1, 0.15) is 0 Å². The van der Waals surface area contributed by atoms with Gasteiger partial charge < -0.3 is 10.1 Å². The number of carbonyl (C=O) groups is 1. The topological polar surface area (TPSA) is 41.6 Å². The first kappa shape index (κ1) is 12.8. The molecule has 1 saturated carbocycles. The lowest BCUT2D eigenvalue weighted by atomic mass is 10.2. The molecule has 4 heteroatoms. The second kappa shape index (κ2) is 5.36. The van der Waals surface area contributed by atoms with Crippen LogP contribution in [0.15, 0.2) is 0 Å². The lowest BCUT2D eigenvalue weighted by Crippen LogP contribution is -2.52. The number of rotatable bonds is 4. The predicted octanol–water partition coefficient (Wildman–Crippen LogP) is 0.868. The van der Waals surface area contributed by atoms with Crippen molar-refractivity contribution in [2.75, 3.05) is 26.3 Å². The fraction of sp³-hybridized carbons (Fsp3) is 0.923. The van der Waals surface area contributed by atoms with E-state index in [2.05, 4.69) is 31.0 Å². The minimum atomic E-state index is 0.241. The minimum absolute atomic E-state index is 0.241. The van der Waals surface area contributed by atoms with Crippen molar-refractivity contribution < 1.29 is 9.53 Å². The molecule has 17 heavy (non-hydrogen) atoms. The van der Waals surface area contributed by atoms with Crippen LogP contribution in [-0.2, 0) is 9.53 Å². The Kier molecular flexibility index (Phi) is 4.05. The number of carbonyl (C=O) groups excluding carboxylic acids is 1. The van der Waals surface area contributed by atoms with Crippen LogP contribution in [0.25, 0.3) is 0 Å². The molecule has 4 unspecified atom stereocenters. The maximum Gasteiger partial charge on any atom is 0.223 e. The van der Waals surface area contributed by atoms with Gasteiger partial charge in [-0.2, -0.15) is 0 Å². The number of hydrogen-bond donors (Lipinski definition) is 1. The summed E-state index contributed by atoms with van der Waals surface area (Å²) < 4.78 is 5.42. The summed E-state index contributed by atoms with van der Waals surface area (Å²) in [6.07, 6.45) is 1.06. The van der Waals surface area contributed by atoms with Crippen LogP contribution >= 0.6 is 0 Å². The van der Waals surface area contributed by atoms with Crippen molar-refractivity contribution in [3.8, 4) is 0 Å². The maximum atomic E-state index is 11.7. The van der Waals surface area contributed by atoms with E-state index in [1.165, 1.54) is 0 Å². The van der Waals surface area contributed by atoms with Crippen molar-refractivity contribution in [2.45, 2.75) is 39.3 Å². The average molecular weight is 240 g/mol. The van der Waals surface area contributed by atoms with E-state index in [1.54, 1.807) is 0 Å². The molecule has 1 saturated heterocycles. The second-order valence-electron chi connectivity index (χ2n) is 5.58. The fourth-order valence-electron chi connectivity index (χ4n) is 2.58. The van der Waals surface area contributed by atoms with Crippen molar-refractivity contribution in [1.29, 1.82) is 0 Å². The molecule has 1 aliphatic heterocycles. The van der Waals surface area contributed by atoms with Gasteiger partial charge in [0.15, 0.2) is 0 Å². The number of nitrogens with one attached hydrogen (secondary N) is 1. The van der Waals surface area contributed by atoms with Crippen molar-refractivity contribution in [3.63, 3.8) is 0 Å². The zero-order chi connectivity index (χ0) is 12.4. The smallest absolute Gasteiger partial charge is 0.223 e. The van der Waals surface area contributed by atoms with Crippen molar-refractivity contribution >= 4 is 5.91 Å². The summed E-state index contributed by atoms with van der Waals surface area (Å²) in [6, 6.07) is 0.849. The summed E-state index contributed by atoms with van der Waals surface area (Å²) in [4.78, 5) is 14.1. The minimum Gasteiger partial charge on any atom is -0.379 e. The van der Waals surface area contributed by atoms with Gasteiger partial charge in [-0.1, -0.05) is 6.92 Å². The highest BCUT2D eigenvalue weighted by atomic mass is 16.5. The van der Waals surface area contributed by atoms with E-state index in [1.807, 2.05) is 0 Å². The Hall–Kier alpha value is -0.610. The first-order valence-corrected chi connectivity index (χ1v) is 6.70. The first-order chi connectivity index (χ1) is 8.09. The molecule has 1 aliphatic carbocycles. The molecule has 0 aromatic rings. The van der Waals surface area contributed by atoms with Crippen LogP contribution in [0, 0.1) is 11.8 Å². The molecule has 0 radical (unpaired) electrons. The maximum absolute atomic E-state index is 11.7. The number of morpholine rings is 1. The average Bonchev–Trinajstić information content (AvgIpc) is 3.03. The Labute approximate surface area is 104 Å². The monoisotopic (exact) mass is 240 g/mol. The van der Waals surface area contributed by atoms with Gasteiger partial charge in [0.2, 0.25) is 5.91 Å². The third-order valence-corrected chi connectivity index (χ3v) is 4.00. The summed E-state index contributed by atoms with van der Waals surface area (Å²) in [5.74, 6) is 1.11. The van der Waals surface area contributed by atoms with Gasteiger partial charge in [-0.15, -0.1) is 0 Å². The number of nitrogens with zero attached hydrogens (tertiary/aromatic N) is 1. The first-order valence-electron chi connectivity index (χ1n) is 6.70. The van der Waals surface area contributed by atoms with Crippen LogP contribution in [0.1, 0.15) is 27.2 Å². The van der Waals surface area contributed by atoms with Gasteiger partial charge in [-0.3, -0.25) is 9.69 Å². The summed E-state index contributed by atoms with van der Waals surface area (Å²) in [7, 11) is 0. The largest absolute Gasteiger partial charge is 0.379 e. The Balaban J connectivity index is 1.72. The number of ether oxygens (including phenoxy) is 1. The van der Waals surface area contributed by atoms with Gasteiger partial charge in [0.25, 0.3) is 0 Å². The van der Waals surface area contributed by atoms with Gasteiger partial charge in [0.05, 0.1) is 13.2 Å². The van der Waals surface area contributed by atoms with E-state index in [9.17, 15) is 4.79 Å². The molecule has 0 aromatic heterocycles. The molecular formula is C13H24N2O2. The van der Waals surface area contributed by atoms with Crippen LogP contribution in [0.3, 0.4) is 0 Å². The van der Waals surface area contributed by atoms with Crippen LogP contribution in [0.5, 0.6) is 0 Å². The Bertz CT molecular complexity index is 283. The third kappa shape index (κ3) is 3.19. The Morgan fingerprint density at radius 1 is 1.53 bits per heavy atom. The highest BCUT2D eigenvalue weighted by molar-refractivity contribution is 5.81. The molecular weight excluding hydrogens is 216 g/mol. The molecule has 0 bridgehead atoms. The van der Waals surface area contributed by atoms with E-state index in [0.717, 1.165) is 32.7 Å². The third-order valence-electron chi connectivity index (χ3n) is 4.00. The quantitative estimate of drug-likeness (QED) is 0.793. The molecule has 2 rings (SSSR count). The molecule has 1 amide bonds. The molecule has 2 fully saturated rings. The van der Waals surface area contributed by atoms with Crippen molar-refractivity contribution in [1.82, 2.24) is 10.2 Å². The second-order valence-corrected chi connectivity index (χ2v) is 5.58. The highest BCUT2D eigenvalue weighted by Gasteiger charge is 2.39. The van der Waals surface area contributed by atoms with Crippen molar-refractivity contribution in [2.24, 2.45) is 11.8 Å². The lowest BCUT2D eigenvalue weighted by molar-refractivity contribution is -0.123. The molecule has 0 spiro atoms. The molecule has 0 aromatic carbocycles. The summed E-state index contributed by atoms with van der Waals surface area (Å²) in [5, 5.41) is 3.07. The zero-order valence-corrected chi connectivity index (χ0v) is 11.1. The molecule has 4 atom stereocenters. The molecule has 98 valence electrons. The number of amides is 1. The molecule has 4 nitrogen and oxygen atoms in total. The van der Waals surface area contributed by atoms with Gasteiger partial charge in [-0.25, -0.2) is 0 Å². The summed E-state index contributed by atoms with van der Waals surface area (Å²) >= 11 is 0. The van der Waals surface area contributed by atoms with E-state index in [0.29, 0.717) is 18.0 Å². The van der Waals surface area contributed by atoms with E-state index >= 15 is 0 Å².